The molecule has 1 aromatic heterocycles. The van der Waals surface area contributed by atoms with Crippen molar-refractivity contribution in [1.82, 2.24) is 5.32 Å². The summed E-state index contributed by atoms with van der Waals surface area (Å²) in [7, 11) is 0. The summed E-state index contributed by atoms with van der Waals surface area (Å²) < 4.78 is 5.67. The monoisotopic (exact) mass is 313 g/mol. The third kappa shape index (κ3) is 3.35. The molecular weight excluding hydrogens is 305 g/mol. The fourth-order valence-electron chi connectivity index (χ4n) is 1.31. The van der Waals surface area contributed by atoms with Crippen molar-refractivity contribution < 1.29 is 9.21 Å². The van der Waals surface area contributed by atoms with Crippen LogP contribution in [0.3, 0.4) is 0 Å². The van der Waals surface area contributed by atoms with Crippen LogP contribution < -0.4 is 5.32 Å². The van der Waals surface area contributed by atoms with Crippen molar-refractivity contribution in [1.29, 1.82) is 0 Å². The Balaban J connectivity index is 1.94. The zero-order valence-electron chi connectivity index (χ0n) is 8.74. The largest absolute Gasteiger partial charge is 0.444 e. The van der Waals surface area contributed by atoms with E-state index in [-0.39, 0.29) is 11.7 Å². The average molecular weight is 315 g/mol. The molecule has 2 rings (SSSR count). The van der Waals surface area contributed by atoms with E-state index in [2.05, 4.69) is 21.2 Å². The van der Waals surface area contributed by atoms with Crippen LogP contribution in [-0.2, 0) is 6.54 Å². The van der Waals surface area contributed by atoms with Gasteiger partial charge in [-0.05, 0) is 45.8 Å². The molecule has 1 amide bonds. The van der Waals surface area contributed by atoms with E-state index >= 15 is 0 Å². The zero-order chi connectivity index (χ0) is 12.3. The molecule has 88 valence electrons. The standard InChI is InChI=1S/C12H9BrClNO2/c13-11-6-5-10(17-11)12(16)15-7-8-1-3-9(14)4-2-8/h1-6H,7H2,(H,15,16). The normalized spacial score (nSPS) is 10.2. The number of rotatable bonds is 3. The number of halogens is 2. The Morgan fingerprint density at radius 2 is 1.94 bits per heavy atom. The van der Waals surface area contributed by atoms with Crippen LogP contribution in [0.1, 0.15) is 16.1 Å². The van der Waals surface area contributed by atoms with Crippen molar-refractivity contribution >= 4 is 33.4 Å². The van der Waals surface area contributed by atoms with E-state index < -0.39 is 0 Å². The summed E-state index contributed by atoms with van der Waals surface area (Å²) in [4.78, 5) is 11.6. The van der Waals surface area contributed by atoms with Crippen LogP contribution in [0.25, 0.3) is 0 Å². The maximum Gasteiger partial charge on any atom is 0.287 e. The van der Waals surface area contributed by atoms with E-state index in [9.17, 15) is 4.79 Å². The molecule has 1 aromatic carbocycles. The molecular formula is C12H9BrClNO2. The molecule has 3 nitrogen and oxygen atoms in total. The van der Waals surface area contributed by atoms with Crippen molar-refractivity contribution in [3.8, 4) is 0 Å². The van der Waals surface area contributed by atoms with E-state index in [1.165, 1.54) is 0 Å². The summed E-state index contributed by atoms with van der Waals surface area (Å²) in [5.41, 5.74) is 0.980. The fourth-order valence-corrected chi connectivity index (χ4v) is 1.74. The molecule has 0 spiro atoms. The molecule has 17 heavy (non-hydrogen) atoms. The lowest BCUT2D eigenvalue weighted by Gasteiger charge is -2.03. The lowest BCUT2D eigenvalue weighted by molar-refractivity contribution is 0.0922. The van der Waals surface area contributed by atoms with Gasteiger partial charge >= 0.3 is 0 Å². The first-order chi connectivity index (χ1) is 8.15. The molecule has 0 aliphatic heterocycles. The second-order valence-electron chi connectivity index (χ2n) is 3.41. The third-order valence-corrected chi connectivity index (χ3v) is 2.84. The first kappa shape index (κ1) is 12.2. The molecule has 0 unspecified atom stereocenters. The van der Waals surface area contributed by atoms with Gasteiger partial charge in [-0.3, -0.25) is 4.79 Å². The maximum atomic E-state index is 11.6. The highest BCUT2D eigenvalue weighted by Crippen LogP contribution is 2.14. The third-order valence-electron chi connectivity index (χ3n) is 2.16. The Morgan fingerprint density at radius 1 is 1.24 bits per heavy atom. The van der Waals surface area contributed by atoms with Gasteiger partial charge in [0.2, 0.25) is 0 Å². The second-order valence-corrected chi connectivity index (χ2v) is 4.63. The van der Waals surface area contributed by atoms with Crippen LogP contribution in [0, 0.1) is 0 Å². The minimum absolute atomic E-state index is 0.245. The maximum absolute atomic E-state index is 11.6. The molecule has 0 saturated carbocycles. The topological polar surface area (TPSA) is 42.2 Å². The van der Waals surface area contributed by atoms with Gasteiger partial charge in [0, 0.05) is 11.6 Å². The number of carbonyl (C=O) groups is 1. The van der Waals surface area contributed by atoms with Crippen LogP contribution >= 0.6 is 27.5 Å². The van der Waals surface area contributed by atoms with Gasteiger partial charge in [0.15, 0.2) is 10.4 Å². The molecule has 5 heteroatoms. The lowest BCUT2D eigenvalue weighted by Crippen LogP contribution is -2.22. The first-order valence-electron chi connectivity index (χ1n) is 4.93. The quantitative estimate of drug-likeness (QED) is 0.940. The molecule has 2 aromatic rings. The SMILES string of the molecule is O=C(NCc1ccc(Cl)cc1)c1ccc(Br)o1. The van der Waals surface area contributed by atoms with Crippen LogP contribution in [0.15, 0.2) is 45.5 Å². The van der Waals surface area contributed by atoms with Gasteiger partial charge in [-0.2, -0.15) is 0 Å². The summed E-state index contributed by atoms with van der Waals surface area (Å²) in [6.07, 6.45) is 0. The highest BCUT2D eigenvalue weighted by molar-refractivity contribution is 9.10. The Morgan fingerprint density at radius 3 is 2.53 bits per heavy atom. The smallest absolute Gasteiger partial charge is 0.287 e. The van der Waals surface area contributed by atoms with E-state index in [0.717, 1.165) is 5.56 Å². The molecule has 0 fully saturated rings. The number of hydrogen-bond acceptors (Lipinski definition) is 2. The van der Waals surface area contributed by atoms with Gasteiger partial charge in [0.05, 0.1) is 0 Å². The van der Waals surface area contributed by atoms with Crippen molar-refractivity contribution in [2.24, 2.45) is 0 Å². The molecule has 0 bridgehead atoms. The van der Waals surface area contributed by atoms with Crippen LogP contribution in [-0.4, -0.2) is 5.91 Å². The fraction of sp³-hybridized carbons (Fsp3) is 0.0833. The van der Waals surface area contributed by atoms with Crippen molar-refractivity contribution in [3.05, 3.63) is 57.4 Å². The zero-order valence-corrected chi connectivity index (χ0v) is 11.1. The molecule has 0 saturated heterocycles. The summed E-state index contributed by atoms with van der Waals surface area (Å²) in [5, 5.41) is 3.43. The molecule has 0 radical (unpaired) electrons. The average Bonchev–Trinajstić information content (AvgIpc) is 2.75. The number of furan rings is 1. The summed E-state index contributed by atoms with van der Waals surface area (Å²) in [6.45, 7) is 0.439. The number of carbonyl (C=O) groups excluding carboxylic acids is 1. The van der Waals surface area contributed by atoms with Gasteiger partial charge in [-0.15, -0.1) is 0 Å². The number of hydrogen-bond donors (Lipinski definition) is 1. The van der Waals surface area contributed by atoms with E-state index in [0.29, 0.717) is 16.2 Å². The number of benzene rings is 1. The van der Waals surface area contributed by atoms with Crippen molar-refractivity contribution in [2.45, 2.75) is 6.54 Å². The van der Waals surface area contributed by atoms with Gasteiger partial charge in [-0.25, -0.2) is 0 Å². The van der Waals surface area contributed by atoms with Gasteiger partial charge < -0.3 is 9.73 Å². The van der Waals surface area contributed by atoms with Crippen molar-refractivity contribution in [3.63, 3.8) is 0 Å². The number of nitrogens with one attached hydrogen (secondary N) is 1. The minimum Gasteiger partial charge on any atom is -0.444 e. The molecule has 0 atom stereocenters. The van der Waals surface area contributed by atoms with Crippen molar-refractivity contribution in [2.75, 3.05) is 0 Å². The van der Waals surface area contributed by atoms with Gasteiger partial charge in [0.1, 0.15) is 0 Å². The van der Waals surface area contributed by atoms with Gasteiger partial charge in [-0.1, -0.05) is 23.7 Å². The Hall–Kier alpha value is -1.26. The summed E-state index contributed by atoms with van der Waals surface area (Å²) >= 11 is 8.91. The number of amides is 1. The van der Waals surface area contributed by atoms with E-state index in [4.69, 9.17) is 16.0 Å². The Bertz CT molecular complexity index is 522. The van der Waals surface area contributed by atoms with E-state index in [1.54, 1.807) is 24.3 Å². The Labute approximate surface area is 112 Å². The predicted octanol–water partition coefficient (Wildman–Crippen LogP) is 3.63. The Kier molecular flexibility index (Phi) is 3.86. The second kappa shape index (κ2) is 5.38. The molecule has 1 heterocycles. The molecule has 0 aliphatic rings. The van der Waals surface area contributed by atoms with Crippen LogP contribution in [0.2, 0.25) is 5.02 Å². The predicted molar refractivity (Wildman–Crippen MR) is 69.0 cm³/mol. The summed E-state index contributed by atoms with van der Waals surface area (Å²) in [6, 6.07) is 10.6. The van der Waals surface area contributed by atoms with Crippen LogP contribution in [0.4, 0.5) is 0 Å². The summed E-state index contributed by atoms with van der Waals surface area (Å²) in [5.74, 6) is 0.0384. The lowest BCUT2D eigenvalue weighted by atomic mass is 10.2. The van der Waals surface area contributed by atoms with Crippen LogP contribution in [0.5, 0.6) is 0 Å². The highest BCUT2D eigenvalue weighted by Gasteiger charge is 2.09. The highest BCUT2D eigenvalue weighted by atomic mass is 79.9. The van der Waals surface area contributed by atoms with E-state index in [1.807, 2.05) is 12.1 Å². The molecule has 1 N–H and O–H groups in total. The molecule has 0 aliphatic carbocycles. The van der Waals surface area contributed by atoms with Gasteiger partial charge in [0.25, 0.3) is 5.91 Å². The minimum atomic E-state index is -0.245. The first-order valence-corrected chi connectivity index (χ1v) is 6.10.